The molecule has 0 radical (unpaired) electrons. The van der Waals surface area contributed by atoms with Gasteiger partial charge in [-0.25, -0.2) is 4.39 Å². The van der Waals surface area contributed by atoms with Crippen LogP contribution in [0.4, 0.5) is 15.8 Å². The Balaban J connectivity index is 1.85. The van der Waals surface area contributed by atoms with Crippen molar-refractivity contribution in [3.05, 3.63) is 81.6 Å². The smallest absolute Gasteiger partial charge is 0.258 e. The summed E-state index contributed by atoms with van der Waals surface area (Å²) in [6.45, 7) is 0. The summed E-state index contributed by atoms with van der Waals surface area (Å²) in [5.74, 6) is -1.52. The number of hydrogen-bond donors (Lipinski definition) is 2. The Morgan fingerprint density at radius 1 is 0.935 bits per heavy atom. The number of anilines is 2. The molecule has 0 spiro atoms. The first-order valence-corrected chi connectivity index (χ1v) is 10.9. The fraction of sp³-hybridized carbons (Fsp3) is 0.0909. The largest absolute Gasteiger partial charge is 0.495 e. The van der Waals surface area contributed by atoms with Gasteiger partial charge in [0, 0.05) is 15.6 Å². The molecule has 160 valence electrons. The monoisotopic (exact) mass is 478 g/mol. The number of rotatable bonds is 6. The summed E-state index contributed by atoms with van der Waals surface area (Å²) in [5.41, 5.74) is 0.784. The minimum absolute atomic E-state index is 0.179. The van der Waals surface area contributed by atoms with Gasteiger partial charge in [0.25, 0.3) is 11.8 Å². The molecule has 0 atom stereocenters. The minimum Gasteiger partial charge on any atom is -0.495 e. The highest BCUT2D eigenvalue weighted by Gasteiger charge is 2.16. The van der Waals surface area contributed by atoms with E-state index in [0.29, 0.717) is 22.0 Å². The highest BCUT2D eigenvalue weighted by molar-refractivity contribution is 7.98. The first-order chi connectivity index (χ1) is 14.8. The SMILES string of the molecule is COc1ccc(NC(=O)c2cc(SC)ccc2Cl)cc1NC(=O)c1ccc(Cl)cc1F. The summed E-state index contributed by atoms with van der Waals surface area (Å²) in [5, 5.41) is 5.83. The maximum absolute atomic E-state index is 14.1. The predicted octanol–water partition coefficient (Wildman–Crippen LogP) is 6.37. The second kappa shape index (κ2) is 10.0. The number of hydrogen-bond acceptors (Lipinski definition) is 4. The number of ether oxygens (including phenoxy) is 1. The third-order valence-electron chi connectivity index (χ3n) is 4.30. The molecule has 0 heterocycles. The Kier molecular flexibility index (Phi) is 7.43. The molecule has 0 aromatic heterocycles. The molecule has 31 heavy (non-hydrogen) atoms. The molecular weight excluding hydrogens is 462 g/mol. The topological polar surface area (TPSA) is 67.4 Å². The van der Waals surface area contributed by atoms with E-state index in [1.807, 2.05) is 12.3 Å². The first-order valence-electron chi connectivity index (χ1n) is 8.91. The van der Waals surface area contributed by atoms with Crippen LogP contribution in [0.25, 0.3) is 0 Å². The van der Waals surface area contributed by atoms with Crippen molar-refractivity contribution in [1.82, 2.24) is 0 Å². The van der Waals surface area contributed by atoms with Gasteiger partial charge in [0.1, 0.15) is 11.6 Å². The number of carbonyl (C=O) groups is 2. The van der Waals surface area contributed by atoms with Crippen LogP contribution in [0.3, 0.4) is 0 Å². The van der Waals surface area contributed by atoms with Crippen molar-refractivity contribution in [1.29, 1.82) is 0 Å². The van der Waals surface area contributed by atoms with Crippen molar-refractivity contribution in [3.8, 4) is 5.75 Å². The predicted molar refractivity (Wildman–Crippen MR) is 124 cm³/mol. The molecular formula is C22H17Cl2FN2O3S. The number of halogens is 3. The van der Waals surface area contributed by atoms with E-state index >= 15 is 0 Å². The van der Waals surface area contributed by atoms with E-state index < -0.39 is 17.6 Å². The fourth-order valence-corrected chi connectivity index (χ4v) is 3.55. The van der Waals surface area contributed by atoms with Crippen LogP contribution in [-0.2, 0) is 0 Å². The Hall–Kier alpha value is -2.74. The van der Waals surface area contributed by atoms with Gasteiger partial charge in [0.2, 0.25) is 0 Å². The molecule has 0 fully saturated rings. The van der Waals surface area contributed by atoms with Gasteiger partial charge in [-0.3, -0.25) is 9.59 Å². The van der Waals surface area contributed by atoms with Crippen molar-refractivity contribution in [2.24, 2.45) is 0 Å². The Morgan fingerprint density at radius 3 is 2.35 bits per heavy atom. The number of methoxy groups -OCH3 is 1. The minimum atomic E-state index is -0.753. The van der Waals surface area contributed by atoms with E-state index in [1.54, 1.807) is 24.3 Å². The maximum Gasteiger partial charge on any atom is 0.258 e. The van der Waals surface area contributed by atoms with Crippen molar-refractivity contribution < 1.29 is 18.7 Å². The van der Waals surface area contributed by atoms with Gasteiger partial charge in [0.15, 0.2) is 0 Å². The van der Waals surface area contributed by atoms with E-state index in [4.69, 9.17) is 27.9 Å². The van der Waals surface area contributed by atoms with E-state index in [0.717, 1.165) is 11.0 Å². The molecule has 2 amide bonds. The molecule has 0 saturated heterocycles. The van der Waals surface area contributed by atoms with Crippen molar-refractivity contribution in [2.75, 3.05) is 24.0 Å². The number of amides is 2. The molecule has 3 rings (SSSR count). The molecule has 3 aromatic carbocycles. The van der Waals surface area contributed by atoms with Gasteiger partial charge in [0.05, 0.1) is 28.9 Å². The summed E-state index contributed by atoms with van der Waals surface area (Å²) >= 11 is 13.4. The quantitative estimate of drug-likeness (QED) is 0.404. The Labute approximate surface area is 192 Å². The van der Waals surface area contributed by atoms with Crippen LogP contribution in [0.15, 0.2) is 59.5 Å². The molecule has 9 heteroatoms. The zero-order valence-corrected chi connectivity index (χ0v) is 18.8. The van der Waals surface area contributed by atoms with Crippen LogP contribution < -0.4 is 15.4 Å². The molecule has 0 aliphatic heterocycles. The highest BCUT2D eigenvalue weighted by atomic mass is 35.5. The summed E-state index contributed by atoms with van der Waals surface area (Å²) in [7, 11) is 1.43. The van der Waals surface area contributed by atoms with E-state index in [2.05, 4.69) is 10.6 Å². The number of carbonyl (C=O) groups excluding carboxylic acids is 2. The van der Waals surface area contributed by atoms with Crippen LogP contribution in [0.5, 0.6) is 5.75 Å². The molecule has 2 N–H and O–H groups in total. The van der Waals surface area contributed by atoms with E-state index in [1.165, 1.54) is 37.1 Å². The molecule has 0 saturated carbocycles. The lowest BCUT2D eigenvalue weighted by atomic mass is 10.1. The molecule has 5 nitrogen and oxygen atoms in total. The Bertz CT molecular complexity index is 1160. The lowest BCUT2D eigenvalue weighted by Crippen LogP contribution is -2.16. The van der Waals surface area contributed by atoms with Crippen LogP contribution >= 0.6 is 35.0 Å². The highest BCUT2D eigenvalue weighted by Crippen LogP contribution is 2.30. The maximum atomic E-state index is 14.1. The molecule has 0 aliphatic carbocycles. The lowest BCUT2D eigenvalue weighted by molar-refractivity contribution is 0.101. The Morgan fingerprint density at radius 2 is 1.68 bits per heavy atom. The van der Waals surface area contributed by atoms with Crippen LogP contribution in [0, 0.1) is 5.82 Å². The van der Waals surface area contributed by atoms with Gasteiger partial charge >= 0.3 is 0 Å². The van der Waals surface area contributed by atoms with Gasteiger partial charge in [-0.05, 0) is 60.9 Å². The average molecular weight is 479 g/mol. The fourth-order valence-electron chi connectivity index (χ4n) is 2.75. The third-order valence-corrected chi connectivity index (χ3v) is 5.59. The molecule has 0 bridgehead atoms. The third kappa shape index (κ3) is 5.50. The lowest BCUT2D eigenvalue weighted by Gasteiger charge is -2.14. The zero-order valence-electron chi connectivity index (χ0n) is 16.5. The second-order valence-electron chi connectivity index (χ2n) is 6.29. The molecule has 3 aromatic rings. The van der Waals surface area contributed by atoms with Crippen molar-refractivity contribution in [2.45, 2.75) is 4.90 Å². The molecule has 0 aliphatic rings. The number of benzene rings is 3. The summed E-state index contributed by atoms with van der Waals surface area (Å²) in [4.78, 5) is 26.1. The summed E-state index contributed by atoms with van der Waals surface area (Å²) in [6.07, 6.45) is 1.90. The van der Waals surface area contributed by atoms with Gasteiger partial charge < -0.3 is 15.4 Å². The van der Waals surface area contributed by atoms with E-state index in [9.17, 15) is 14.0 Å². The first kappa shape index (κ1) is 22.9. The van der Waals surface area contributed by atoms with Gasteiger partial charge in [-0.15, -0.1) is 11.8 Å². The van der Waals surface area contributed by atoms with Gasteiger partial charge in [-0.1, -0.05) is 23.2 Å². The second-order valence-corrected chi connectivity index (χ2v) is 8.02. The standard InChI is InChI=1S/C22H17Cl2FN2O3S/c1-30-20-8-4-13(26-22(29)16-11-14(31-2)5-7-17(16)24)10-19(20)27-21(28)15-6-3-12(23)9-18(15)25/h3-11H,1-2H3,(H,26,29)(H,27,28). The number of thioether (sulfide) groups is 1. The van der Waals surface area contributed by atoms with Gasteiger partial charge in [-0.2, -0.15) is 0 Å². The summed E-state index contributed by atoms with van der Waals surface area (Å²) in [6, 6.07) is 13.6. The van der Waals surface area contributed by atoms with Crippen molar-refractivity contribution >= 4 is 58.2 Å². The van der Waals surface area contributed by atoms with E-state index in [-0.39, 0.29) is 16.3 Å². The summed E-state index contributed by atoms with van der Waals surface area (Å²) < 4.78 is 19.3. The van der Waals surface area contributed by atoms with Crippen LogP contribution in [0.1, 0.15) is 20.7 Å². The number of nitrogens with one attached hydrogen (secondary N) is 2. The van der Waals surface area contributed by atoms with Crippen LogP contribution in [-0.4, -0.2) is 25.2 Å². The average Bonchev–Trinajstić information content (AvgIpc) is 2.74. The zero-order chi connectivity index (χ0) is 22.5. The normalized spacial score (nSPS) is 10.5. The molecule has 0 unspecified atom stereocenters. The van der Waals surface area contributed by atoms with Crippen molar-refractivity contribution in [3.63, 3.8) is 0 Å². The van der Waals surface area contributed by atoms with Crippen LogP contribution in [0.2, 0.25) is 10.0 Å².